The number of carbonyl (C=O) groups is 1. The van der Waals surface area contributed by atoms with E-state index < -0.39 is 0 Å². The maximum Gasteiger partial charge on any atom is 0.220 e. The normalized spacial score (nSPS) is 17.5. The van der Waals surface area contributed by atoms with E-state index in [1.54, 1.807) is 22.7 Å². The highest BCUT2D eigenvalue weighted by Crippen LogP contribution is 2.29. The Bertz CT molecular complexity index is 644. The van der Waals surface area contributed by atoms with E-state index in [-0.39, 0.29) is 5.91 Å². The maximum absolute atomic E-state index is 11.9. The minimum Gasteiger partial charge on any atom is -0.356 e. The summed E-state index contributed by atoms with van der Waals surface area (Å²) < 4.78 is 0. The van der Waals surface area contributed by atoms with Gasteiger partial charge >= 0.3 is 0 Å². The molecule has 1 aliphatic heterocycles. The number of thiazole rings is 1. The molecular weight excluding hydrogens is 326 g/mol. The summed E-state index contributed by atoms with van der Waals surface area (Å²) in [7, 11) is 0. The summed E-state index contributed by atoms with van der Waals surface area (Å²) in [6.07, 6.45) is 3.76. The zero-order valence-corrected chi connectivity index (χ0v) is 15.1. The first-order valence-corrected chi connectivity index (χ1v) is 9.89. The van der Waals surface area contributed by atoms with Gasteiger partial charge in [0.05, 0.1) is 15.6 Å². The molecule has 0 spiro atoms. The van der Waals surface area contributed by atoms with Crippen LogP contribution < -0.4 is 10.6 Å². The zero-order chi connectivity index (χ0) is 16.1. The molecule has 1 unspecified atom stereocenters. The molecule has 2 aromatic rings. The molecule has 2 N–H and O–H groups in total. The summed E-state index contributed by atoms with van der Waals surface area (Å²) in [4.78, 5) is 18.9. The lowest BCUT2D eigenvalue weighted by atomic mass is 10.0. The Hall–Kier alpha value is -1.24. The Balaban J connectivity index is 1.38. The molecule has 1 saturated heterocycles. The Labute approximate surface area is 145 Å². The molecule has 1 fully saturated rings. The number of hydrogen-bond donors (Lipinski definition) is 2. The van der Waals surface area contributed by atoms with Crippen LogP contribution in [0.3, 0.4) is 0 Å². The van der Waals surface area contributed by atoms with Crippen LogP contribution in [0.25, 0.3) is 10.6 Å². The third kappa shape index (κ3) is 4.86. The highest BCUT2D eigenvalue weighted by molar-refractivity contribution is 7.16. The van der Waals surface area contributed by atoms with Crippen molar-refractivity contribution in [1.82, 2.24) is 15.6 Å². The van der Waals surface area contributed by atoms with E-state index in [1.165, 1.54) is 16.2 Å². The van der Waals surface area contributed by atoms with E-state index in [2.05, 4.69) is 33.1 Å². The van der Waals surface area contributed by atoms with Crippen LogP contribution in [0.1, 0.15) is 29.1 Å². The molecule has 2 aromatic heterocycles. The smallest absolute Gasteiger partial charge is 0.220 e. The Morgan fingerprint density at radius 1 is 1.48 bits per heavy atom. The van der Waals surface area contributed by atoms with Gasteiger partial charge in [-0.15, -0.1) is 22.7 Å². The predicted molar refractivity (Wildman–Crippen MR) is 97.1 cm³/mol. The third-order valence-corrected chi connectivity index (χ3v) is 6.11. The molecule has 0 aliphatic carbocycles. The first-order valence-electron chi connectivity index (χ1n) is 8.19. The van der Waals surface area contributed by atoms with Crippen molar-refractivity contribution in [2.75, 3.05) is 19.6 Å². The summed E-state index contributed by atoms with van der Waals surface area (Å²) in [6, 6.07) is 4.27. The fourth-order valence-electron chi connectivity index (χ4n) is 2.84. The van der Waals surface area contributed by atoms with Crippen LogP contribution >= 0.6 is 22.7 Å². The monoisotopic (exact) mass is 349 g/mol. The number of amides is 1. The third-order valence-electron chi connectivity index (χ3n) is 4.17. The topological polar surface area (TPSA) is 54.0 Å². The number of aromatic nitrogens is 1. The zero-order valence-electron chi connectivity index (χ0n) is 13.4. The lowest BCUT2D eigenvalue weighted by molar-refractivity contribution is -0.121. The van der Waals surface area contributed by atoms with Crippen LogP contribution in [0.5, 0.6) is 0 Å². The molecule has 0 aromatic carbocycles. The van der Waals surface area contributed by atoms with Crippen molar-refractivity contribution in [2.24, 2.45) is 5.92 Å². The molecule has 1 amide bonds. The fraction of sp³-hybridized carbons (Fsp3) is 0.529. The number of nitrogens with zero attached hydrogens (tertiary/aromatic N) is 1. The van der Waals surface area contributed by atoms with Gasteiger partial charge in [0, 0.05) is 23.2 Å². The first-order chi connectivity index (χ1) is 11.2. The molecule has 0 radical (unpaired) electrons. The summed E-state index contributed by atoms with van der Waals surface area (Å²) >= 11 is 3.45. The highest BCUT2D eigenvalue weighted by atomic mass is 32.1. The summed E-state index contributed by atoms with van der Waals surface area (Å²) in [5.41, 5.74) is 1.07. The maximum atomic E-state index is 11.9. The Morgan fingerprint density at radius 2 is 2.39 bits per heavy atom. The van der Waals surface area contributed by atoms with Gasteiger partial charge in [-0.2, -0.15) is 0 Å². The fourth-order valence-corrected chi connectivity index (χ4v) is 4.49. The molecule has 6 heteroatoms. The van der Waals surface area contributed by atoms with Gasteiger partial charge in [0.2, 0.25) is 5.91 Å². The van der Waals surface area contributed by atoms with Crippen LogP contribution in [-0.2, 0) is 11.2 Å². The molecule has 124 valence electrons. The first kappa shape index (κ1) is 16.6. The van der Waals surface area contributed by atoms with Gasteiger partial charge in [-0.05, 0) is 57.3 Å². The van der Waals surface area contributed by atoms with E-state index in [9.17, 15) is 4.79 Å². The molecule has 23 heavy (non-hydrogen) atoms. The Morgan fingerprint density at radius 3 is 3.13 bits per heavy atom. The van der Waals surface area contributed by atoms with Crippen molar-refractivity contribution < 1.29 is 4.79 Å². The van der Waals surface area contributed by atoms with Crippen LogP contribution in [0.2, 0.25) is 0 Å². The largest absolute Gasteiger partial charge is 0.356 e. The number of aryl methyl sites for hydroxylation is 1. The number of rotatable bonds is 7. The molecule has 0 bridgehead atoms. The van der Waals surface area contributed by atoms with E-state index >= 15 is 0 Å². The van der Waals surface area contributed by atoms with Gasteiger partial charge in [-0.1, -0.05) is 0 Å². The van der Waals surface area contributed by atoms with Gasteiger partial charge in [0.15, 0.2) is 0 Å². The number of nitrogens with one attached hydrogen (secondary N) is 2. The number of carbonyl (C=O) groups excluding carboxylic acids is 1. The summed E-state index contributed by atoms with van der Waals surface area (Å²) in [5.74, 6) is 0.867. The second-order valence-electron chi connectivity index (χ2n) is 6.02. The number of hydrogen-bond acceptors (Lipinski definition) is 5. The quantitative estimate of drug-likeness (QED) is 0.807. The minimum absolute atomic E-state index is 0.184. The molecular formula is C17H23N3OS2. The molecule has 3 rings (SSSR count). The van der Waals surface area contributed by atoms with Gasteiger partial charge in [0.1, 0.15) is 0 Å². The highest BCUT2D eigenvalue weighted by Gasteiger charge is 2.15. The SMILES string of the molecule is Cc1nc(-c2ccc(CCNC(=O)CCC3CCNC3)s2)cs1. The van der Waals surface area contributed by atoms with E-state index in [0.717, 1.165) is 43.2 Å². The number of thiophene rings is 1. The lowest BCUT2D eigenvalue weighted by Crippen LogP contribution is -2.26. The van der Waals surface area contributed by atoms with E-state index in [1.807, 2.05) is 6.92 Å². The van der Waals surface area contributed by atoms with Crippen molar-refractivity contribution in [1.29, 1.82) is 0 Å². The minimum atomic E-state index is 0.184. The van der Waals surface area contributed by atoms with Crippen LogP contribution in [-0.4, -0.2) is 30.5 Å². The van der Waals surface area contributed by atoms with Crippen LogP contribution in [0.4, 0.5) is 0 Å². The van der Waals surface area contributed by atoms with Crippen LogP contribution in [0.15, 0.2) is 17.5 Å². The Kier molecular flexibility index (Phi) is 5.80. The van der Waals surface area contributed by atoms with E-state index in [4.69, 9.17) is 0 Å². The van der Waals surface area contributed by atoms with Crippen molar-refractivity contribution >= 4 is 28.6 Å². The van der Waals surface area contributed by atoms with Crippen molar-refractivity contribution in [3.05, 3.63) is 27.4 Å². The van der Waals surface area contributed by atoms with Crippen molar-refractivity contribution in [2.45, 2.75) is 32.6 Å². The van der Waals surface area contributed by atoms with Gasteiger partial charge in [-0.25, -0.2) is 4.98 Å². The average Bonchev–Trinajstić information content (AvgIpc) is 3.26. The molecule has 1 atom stereocenters. The molecule has 4 nitrogen and oxygen atoms in total. The van der Waals surface area contributed by atoms with Crippen molar-refractivity contribution in [3.63, 3.8) is 0 Å². The van der Waals surface area contributed by atoms with Gasteiger partial charge < -0.3 is 10.6 Å². The average molecular weight is 350 g/mol. The second kappa shape index (κ2) is 8.04. The molecule has 1 aliphatic rings. The molecule has 0 saturated carbocycles. The van der Waals surface area contributed by atoms with Crippen molar-refractivity contribution in [3.8, 4) is 10.6 Å². The molecule has 3 heterocycles. The lowest BCUT2D eigenvalue weighted by Gasteiger charge is -2.08. The van der Waals surface area contributed by atoms with Gasteiger partial charge in [0.25, 0.3) is 0 Å². The standard InChI is InChI=1S/C17H23N3OS2/c1-12-20-15(11-22-12)16-4-3-14(23-16)7-9-19-17(21)5-2-13-6-8-18-10-13/h3-4,11,13,18H,2,5-10H2,1H3,(H,19,21). The second-order valence-corrected chi connectivity index (χ2v) is 8.25. The summed E-state index contributed by atoms with van der Waals surface area (Å²) in [6.45, 7) is 4.92. The van der Waals surface area contributed by atoms with Crippen LogP contribution in [0, 0.1) is 12.8 Å². The predicted octanol–water partition coefficient (Wildman–Crippen LogP) is 3.23. The van der Waals surface area contributed by atoms with E-state index in [0.29, 0.717) is 12.3 Å². The van der Waals surface area contributed by atoms with Gasteiger partial charge in [-0.3, -0.25) is 4.79 Å². The summed E-state index contributed by atoms with van der Waals surface area (Å²) in [5, 5.41) is 9.58.